The Balaban J connectivity index is 3.38. The van der Waals surface area contributed by atoms with Crippen LogP contribution in [-0.4, -0.2) is 22.2 Å². The fourth-order valence-electron chi connectivity index (χ4n) is 3.17. The maximum atomic E-state index is 10.9. The maximum Gasteiger partial charge on any atom is 0.307 e. The van der Waals surface area contributed by atoms with Crippen molar-refractivity contribution in [1.82, 2.24) is 0 Å². The molecule has 2 N–H and O–H groups in total. The standard InChI is InChI=1S/C22H40O4/c1-2-3-4-5-6-7-8-9-10-11-12-13-14-15-16-17-18-20(22(25)26)19-21(23)24/h14-15,20H,2-13,16-19H2,1H3,(H,23,24)(H,25,26)/b15-14+. The highest BCUT2D eigenvalue weighted by Crippen LogP contribution is 2.14. The van der Waals surface area contributed by atoms with Crippen molar-refractivity contribution in [3.05, 3.63) is 12.2 Å². The summed E-state index contributed by atoms with van der Waals surface area (Å²) in [4.78, 5) is 21.6. The molecule has 1 unspecified atom stereocenters. The van der Waals surface area contributed by atoms with E-state index in [1.165, 1.54) is 70.6 Å². The maximum absolute atomic E-state index is 10.9. The van der Waals surface area contributed by atoms with Gasteiger partial charge in [0.1, 0.15) is 0 Å². The average Bonchev–Trinajstić information content (AvgIpc) is 2.59. The summed E-state index contributed by atoms with van der Waals surface area (Å²) in [5, 5.41) is 17.7. The van der Waals surface area contributed by atoms with Crippen LogP contribution in [0.4, 0.5) is 0 Å². The van der Waals surface area contributed by atoms with Crippen molar-refractivity contribution in [2.45, 2.75) is 110 Å². The minimum Gasteiger partial charge on any atom is -0.481 e. The molecule has 0 aromatic rings. The van der Waals surface area contributed by atoms with Gasteiger partial charge in [0.05, 0.1) is 12.3 Å². The second kappa shape index (κ2) is 18.5. The zero-order valence-corrected chi connectivity index (χ0v) is 16.8. The Bertz CT molecular complexity index is 376. The predicted octanol–water partition coefficient (Wildman–Crippen LogP) is 6.59. The molecular formula is C22H40O4. The largest absolute Gasteiger partial charge is 0.481 e. The molecule has 0 spiro atoms. The van der Waals surface area contributed by atoms with Gasteiger partial charge >= 0.3 is 11.9 Å². The van der Waals surface area contributed by atoms with E-state index in [2.05, 4.69) is 19.1 Å². The highest BCUT2D eigenvalue weighted by molar-refractivity contribution is 5.77. The van der Waals surface area contributed by atoms with Crippen molar-refractivity contribution in [3.63, 3.8) is 0 Å². The van der Waals surface area contributed by atoms with E-state index in [1.54, 1.807) is 0 Å². The number of allylic oxidation sites excluding steroid dienone is 2. The molecule has 0 saturated carbocycles. The molecule has 0 aliphatic heterocycles. The van der Waals surface area contributed by atoms with E-state index < -0.39 is 17.9 Å². The summed E-state index contributed by atoms with van der Waals surface area (Å²) < 4.78 is 0. The minimum absolute atomic E-state index is 0.280. The summed E-state index contributed by atoms with van der Waals surface area (Å²) in [5.74, 6) is -2.80. The van der Waals surface area contributed by atoms with E-state index in [0.29, 0.717) is 6.42 Å². The van der Waals surface area contributed by atoms with E-state index in [1.807, 2.05) is 0 Å². The first-order valence-corrected chi connectivity index (χ1v) is 10.7. The molecule has 0 aliphatic carbocycles. The molecule has 0 saturated heterocycles. The second-order valence-electron chi connectivity index (χ2n) is 7.36. The molecule has 4 heteroatoms. The van der Waals surface area contributed by atoms with Crippen molar-refractivity contribution in [2.75, 3.05) is 0 Å². The Hall–Kier alpha value is -1.32. The number of carboxylic acid groups (broad SMARTS) is 2. The molecule has 0 rings (SSSR count). The lowest BCUT2D eigenvalue weighted by atomic mass is 9.98. The van der Waals surface area contributed by atoms with Crippen LogP contribution in [0.25, 0.3) is 0 Å². The quantitative estimate of drug-likeness (QED) is 0.199. The van der Waals surface area contributed by atoms with Gasteiger partial charge in [0.15, 0.2) is 0 Å². The van der Waals surface area contributed by atoms with Gasteiger partial charge in [-0.3, -0.25) is 9.59 Å². The van der Waals surface area contributed by atoms with Crippen molar-refractivity contribution in [3.8, 4) is 0 Å². The Morgan fingerprint density at radius 3 is 1.65 bits per heavy atom. The molecule has 0 aliphatic rings. The van der Waals surface area contributed by atoms with Crippen LogP contribution in [0, 0.1) is 5.92 Å². The fraction of sp³-hybridized carbons (Fsp3) is 0.818. The Morgan fingerprint density at radius 2 is 1.19 bits per heavy atom. The summed E-state index contributed by atoms with van der Waals surface area (Å²) in [6, 6.07) is 0. The smallest absolute Gasteiger partial charge is 0.307 e. The summed E-state index contributed by atoms with van der Waals surface area (Å²) in [5.41, 5.74) is 0. The highest BCUT2D eigenvalue weighted by Gasteiger charge is 2.19. The monoisotopic (exact) mass is 368 g/mol. The number of unbranched alkanes of at least 4 members (excludes halogenated alkanes) is 12. The third-order valence-corrected chi connectivity index (χ3v) is 4.83. The van der Waals surface area contributed by atoms with Crippen molar-refractivity contribution in [1.29, 1.82) is 0 Å². The lowest BCUT2D eigenvalue weighted by Crippen LogP contribution is -2.17. The van der Waals surface area contributed by atoms with Crippen LogP contribution in [0.1, 0.15) is 110 Å². The molecule has 0 aromatic carbocycles. The first kappa shape index (κ1) is 24.7. The van der Waals surface area contributed by atoms with E-state index in [4.69, 9.17) is 10.2 Å². The predicted molar refractivity (Wildman–Crippen MR) is 107 cm³/mol. The van der Waals surface area contributed by atoms with E-state index in [9.17, 15) is 9.59 Å². The van der Waals surface area contributed by atoms with Gasteiger partial charge in [-0.2, -0.15) is 0 Å². The van der Waals surface area contributed by atoms with Gasteiger partial charge in [0.2, 0.25) is 0 Å². The van der Waals surface area contributed by atoms with Crippen molar-refractivity contribution < 1.29 is 19.8 Å². The molecule has 0 fully saturated rings. The minimum atomic E-state index is -1.04. The number of hydrogen-bond donors (Lipinski definition) is 2. The molecule has 0 radical (unpaired) electrons. The van der Waals surface area contributed by atoms with Crippen LogP contribution >= 0.6 is 0 Å². The number of rotatable bonds is 19. The van der Waals surface area contributed by atoms with Gasteiger partial charge < -0.3 is 10.2 Å². The zero-order valence-electron chi connectivity index (χ0n) is 16.8. The summed E-state index contributed by atoms with van der Waals surface area (Å²) in [6.45, 7) is 2.26. The molecule has 26 heavy (non-hydrogen) atoms. The first-order chi connectivity index (χ1) is 12.6. The number of carbonyl (C=O) groups is 2. The molecule has 0 bridgehead atoms. The molecule has 0 amide bonds. The Morgan fingerprint density at radius 1 is 0.731 bits per heavy atom. The van der Waals surface area contributed by atoms with E-state index in [-0.39, 0.29) is 6.42 Å². The van der Waals surface area contributed by atoms with Crippen LogP contribution in [0.5, 0.6) is 0 Å². The third kappa shape index (κ3) is 17.5. The van der Waals surface area contributed by atoms with Gasteiger partial charge in [-0.05, 0) is 32.1 Å². The van der Waals surface area contributed by atoms with Crippen molar-refractivity contribution in [2.24, 2.45) is 5.92 Å². The first-order valence-electron chi connectivity index (χ1n) is 10.7. The average molecular weight is 369 g/mol. The molecule has 1 atom stereocenters. The lowest BCUT2D eigenvalue weighted by Gasteiger charge is -2.08. The summed E-state index contributed by atoms with van der Waals surface area (Å²) >= 11 is 0. The van der Waals surface area contributed by atoms with Crippen LogP contribution in [-0.2, 0) is 9.59 Å². The number of aliphatic carboxylic acids is 2. The van der Waals surface area contributed by atoms with Crippen LogP contribution in [0.3, 0.4) is 0 Å². The second-order valence-corrected chi connectivity index (χ2v) is 7.36. The summed E-state index contributed by atoms with van der Waals surface area (Å²) in [7, 11) is 0. The molecule has 4 nitrogen and oxygen atoms in total. The van der Waals surface area contributed by atoms with Crippen LogP contribution < -0.4 is 0 Å². The molecular weight excluding hydrogens is 328 g/mol. The van der Waals surface area contributed by atoms with E-state index in [0.717, 1.165) is 19.3 Å². The van der Waals surface area contributed by atoms with Crippen LogP contribution in [0.15, 0.2) is 12.2 Å². The lowest BCUT2D eigenvalue weighted by molar-refractivity contribution is -0.148. The van der Waals surface area contributed by atoms with Gasteiger partial charge in [-0.1, -0.05) is 83.3 Å². The molecule has 0 heterocycles. The van der Waals surface area contributed by atoms with Gasteiger partial charge in [0, 0.05) is 0 Å². The zero-order chi connectivity index (χ0) is 19.5. The fourth-order valence-corrected chi connectivity index (χ4v) is 3.17. The van der Waals surface area contributed by atoms with Gasteiger partial charge in [0.25, 0.3) is 0 Å². The number of carboxylic acids is 2. The third-order valence-electron chi connectivity index (χ3n) is 4.83. The topological polar surface area (TPSA) is 74.6 Å². The SMILES string of the molecule is CCCCCCCCCCCCC/C=C/CCCC(CC(=O)O)C(=O)O. The van der Waals surface area contributed by atoms with E-state index >= 15 is 0 Å². The highest BCUT2D eigenvalue weighted by atomic mass is 16.4. The number of hydrogen-bond acceptors (Lipinski definition) is 2. The van der Waals surface area contributed by atoms with Gasteiger partial charge in [-0.25, -0.2) is 0 Å². The Kier molecular flexibility index (Phi) is 17.5. The summed E-state index contributed by atoms with van der Waals surface area (Å²) in [6.07, 6.45) is 22.0. The molecule has 0 aromatic heterocycles. The Labute approximate surface area is 160 Å². The van der Waals surface area contributed by atoms with Crippen molar-refractivity contribution >= 4 is 11.9 Å². The van der Waals surface area contributed by atoms with Crippen LogP contribution in [0.2, 0.25) is 0 Å². The molecule has 152 valence electrons. The normalized spacial score (nSPS) is 12.5. The van der Waals surface area contributed by atoms with Gasteiger partial charge in [-0.15, -0.1) is 0 Å².